The Balaban J connectivity index is 1.79. The van der Waals surface area contributed by atoms with E-state index in [-0.39, 0.29) is 25.0 Å². The van der Waals surface area contributed by atoms with Crippen molar-refractivity contribution in [3.63, 3.8) is 0 Å². The number of hydrogen-bond acceptors (Lipinski definition) is 3. The second kappa shape index (κ2) is 6.71. The predicted octanol–water partition coefficient (Wildman–Crippen LogP) is 3.67. The van der Waals surface area contributed by atoms with Crippen LogP contribution in [0.2, 0.25) is 10.0 Å². The van der Waals surface area contributed by atoms with E-state index in [1.165, 1.54) is 4.90 Å². The third-order valence-electron chi connectivity index (χ3n) is 3.63. The van der Waals surface area contributed by atoms with Gasteiger partial charge in [0.05, 0.1) is 5.69 Å². The van der Waals surface area contributed by atoms with E-state index in [0.717, 1.165) is 5.56 Å². The molecule has 0 aromatic heterocycles. The highest BCUT2D eigenvalue weighted by Gasteiger charge is 2.27. The smallest absolute Gasteiger partial charge is 0.265 e. The summed E-state index contributed by atoms with van der Waals surface area (Å²) in [6.45, 7) is 1.61. The Labute approximate surface area is 149 Å². The summed E-state index contributed by atoms with van der Waals surface area (Å²) in [5.74, 6) is -0.0937. The molecule has 2 aromatic rings. The number of nitrogens with zero attached hydrogens (tertiary/aromatic N) is 1. The zero-order valence-electron chi connectivity index (χ0n) is 12.8. The van der Waals surface area contributed by atoms with Gasteiger partial charge >= 0.3 is 0 Å². The fourth-order valence-electron chi connectivity index (χ4n) is 2.45. The Morgan fingerprint density at radius 1 is 1.21 bits per heavy atom. The highest BCUT2D eigenvalue weighted by molar-refractivity contribution is 6.31. The van der Waals surface area contributed by atoms with Crippen LogP contribution in [0.25, 0.3) is 0 Å². The van der Waals surface area contributed by atoms with Crippen LogP contribution in [0.1, 0.15) is 5.56 Å². The van der Waals surface area contributed by atoms with Crippen LogP contribution in [0, 0.1) is 6.92 Å². The van der Waals surface area contributed by atoms with Gasteiger partial charge in [0.1, 0.15) is 12.3 Å². The number of carbonyl (C=O) groups is 2. The molecule has 0 saturated carbocycles. The lowest BCUT2D eigenvalue weighted by Crippen LogP contribution is -2.43. The second-order valence-corrected chi connectivity index (χ2v) is 6.26. The molecule has 0 fully saturated rings. The number of amides is 2. The highest BCUT2D eigenvalue weighted by atomic mass is 35.5. The van der Waals surface area contributed by atoms with Gasteiger partial charge in [0.2, 0.25) is 5.91 Å². The Morgan fingerprint density at radius 3 is 2.67 bits per heavy atom. The number of nitrogens with one attached hydrogen (secondary N) is 1. The summed E-state index contributed by atoms with van der Waals surface area (Å²) in [7, 11) is 0. The maximum atomic E-state index is 12.3. The molecule has 1 N–H and O–H groups in total. The van der Waals surface area contributed by atoms with Crippen molar-refractivity contribution in [3.05, 3.63) is 52.0 Å². The van der Waals surface area contributed by atoms with Crippen LogP contribution in [0.3, 0.4) is 0 Å². The molecule has 0 saturated heterocycles. The van der Waals surface area contributed by atoms with E-state index in [1.807, 2.05) is 6.92 Å². The highest BCUT2D eigenvalue weighted by Crippen LogP contribution is 2.34. The summed E-state index contributed by atoms with van der Waals surface area (Å²) in [6, 6.07) is 10.1. The van der Waals surface area contributed by atoms with Crippen molar-refractivity contribution >= 4 is 46.4 Å². The molecule has 5 nitrogen and oxygen atoms in total. The number of rotatable bonds is 3. The lowest BCUT2D eigenvalue weighted by atomic mass is 10.2. The third-order valence-corrected chi connectivity index (χ3v) is 4.10. The van der Waals surface area contributed by atoms with E-state index in [2.05, 4.69) is 5.32 Å². The van der Waals surface area contributed by atoms with Gasteiger partial charge < -0.3 is 10.1 Å². The number of fused-ring (bicyclic) bond motifs is 1. The lowest BCUT2D eigenvalue weighted by molar-refractivity contribution is -0.123. The van der Waals surface area contributed by atoms with Crippen molar-refractivity contribution in [2.45, 2.75) is 6.92 Å². The Morgan fingerprint density at radius 2 is 1.92 bits per heavy atom. The van der Waals surface area contributed by atoms with E-state index in [4.69, 9.17) is 27.9 Å². The van der Waals surface area contributed by atoms with Crippen LogP contribution in [0.5, 0.6) is 5.75 Å². The molecule has 0 spiro atoms. The van der Waals surface area contributed by atoms with Crippen molar-refractivity contribution in [1.82, 2.24) is 0 Å². The van der Waals surface area contributed by atoms with Gasteiger partial charge in [-0.1, -0.05) is 23.2 Å². The van der Waals surface area contributed by atoms with Crippen molar-refractivity contribution in [1.29, 1.82) is 0 Å². The van der Waals surface area contributed by atoms with Crippen LogP contribution < -0.4 is 15.0 Å². The zero-order valence-corrected chi connectivity index (χ0v) is 14.3. The van der Waals surface area contributed by atoms with Crippen molar-refractivity contribution in [2.24, 2.45) is 0 Å². The molecule has 0 atom stereocenters. The fraction of sp³-hybridized carbons (Fsp3) is 0.176. The molecule has 2 amide bonds. The minimum absolute atomic E-state index is 0.109. The summed E-state index contributed by atoms with van der Waals surface area (Å²) in [5.41, 5.74) is 1.98. The summed E-state index contributed by atoms with van der Waals surface area (Å²) in [6.07, 6.45) is 0. The number of carbonyl (C=O) groups excluding carboxylic acids is 2. The monoisotopic (exact) mass is 364 g/mol. The number of aryl methyl sites for hydroxylation is 1. The molecule has 1 heterocycles. The number of anilines is 2. The first-order valence-corrected chi connectivity index (χ1v) is 7.98. The van der Waals surface area contributed by atoms with Crippen molar-refractivity contribution < 1.29 is 14.3 Å². The predicted molar refractivity (Wildman–Crippen MR) is 94.1 cm³/mol. The largest absolute Gasteiger partial charge is 0.482 e. The molecule has 1 aliphatic rings. The van der Waals surface area contributed by atoms with Crippen molar-refractivity contribution in [2.75, 3.05) is 23.4 Å². The molecule has 124 valence electrons. The fourth-order valence-corrected chi connectivity index (χ4v) is 2.84. The van der Waals surface area contributed by atoms with E-state index >= 15 is 0 Å². The van der Waals surface area contributed by atoms with Gasteiger partial charge in [-0.05, 0) is 48.9 Å². The van der Waals surface area contributed by atoms with Crippen molar-refractivity contribution in [3.8, 4) is 5.75 Å². The molecule has 0 radical (unpaired) electrons. The van der Waals surface area contributed by atoms with Gasteiger partial charge in [0, 0.05) is 15.7 Å². The maximum absolute atomic E-state index is 12.3. The first-order chi connectivity index (χ1) is 11.4. The van der Waals surface area contributed by atoms with E-state index in [1.54, 1.807) is 36.4 Å². The standard InChI is InChI=1S/C17H14Cl2N2O3/c1-10-6-11(18)2-4-13(10)20-16(22)8-21-14-7-12(19)3-5-15(14)24-9-17(21)23/h2-7H,8-9H2,1H3,(H,20,22). The summed E-state index contributed by atoms with van der Waals surface area (Å²) < 4.78 is 5.36. The van der Waals surface area contributed by atoms with Crippen LogP contribution in [-0.4, -0.2) is 25.0 Å². The topological polar surface area (TPSA) is 58.6 Å². The number of benzene rings is 2. The summed E-state index contributed by atoms with van der Waals surface area (Å²) in [4.78, 5) is 25.8. The lowest BCUT2D eigenvalue weighted by Gasteiger charge is -2.29. The molecular formula is C17H14Cl2N2O3. The average Bonchev–Trinajstić information content (AvgIpc) is 2.53. The average molecular weight is 365 g/mol. The van der Waals surface area contributed by atoms with Crippen LogP contribution in [0.4, 0.5) is 11.4 Å². The van der Waals surface area contributed by atoms with Gasteiger partial charge in [-0.15, -0.1) is 0 Å². The molecule has 1 aliphatic heterocycles. The van der Waals surface area contributed by atoms with Crippen LogP contribution in [-0.2, 0) is 9.59 Å². The Bertz CT molecular complexity index is 823. The van der Waals surface area contributed by atoms with E-state index < -0.39 is 0 Å². The van der Waals surface area contributed by atoms with E-state index in [0.29, 0.717) is 27.2 Å². The Kier molecular flexibility index (Phi) is 4.64. The van der Waals surface area contributed by atoms with Crippen LogP contribution >= 0.6 is 23.2 Å². The summed E-state index contributed by atoms with van der Waals surface area (Å²) in [5, 5.41) is 3.84. The second-order valence-electron chi connectivity index (χ2n) is 5.39. The Hall–Kier alpha value is -2.24. The van der Waals surface area contributed by atoms with Gasteiger partial charge in [-0.3, -0.25) is 14.5 Å². The maximum Gasteiger partial charge on any atom is 0.265 e. The first kappa shape index (κ1) is 16.6. The third kappa shape index (κ3) is 3.47. The van der Waals surface area contributed by atoms with Gasteiger partial charge in [-0.25, -0.2) is 0 Å². The molecule has 3 rings (SSSR count). The van der Waals surface area contributed by atoms with Gasteiger partial charge in [0.15, 0.2) is 6.61 Å². The van der Waals surface area contributed by atoms with Gasteiger partial charge in [-0.2, -0.15) is 0 Å². The SMILES string of the molecule is Cc1cc(Cl)ccc1NC(=O)CN1C(=O)COc2ccc(Cl)cc21. The molecular weight excluding hydrogens is 351 g/mol. The molecule has 2 aromatic carbocycles. The number of hydrogen-bond donors (Lipinski definition) is 1. The molecule has 0 unspecified atom stereocenters. The minimum atomic E-state index is -0.318. The minimum Gasteiger partial charge on any atom is -0.482 e. The normalized spacial score (nSPS) is 13.3. The summed E-state index contributed by atoms with van der Waals surface area (Å²) >= 11 is 11.9. The zero-order chi connectivity index (χ0) is 17.3. The van der Waals surface area contributed by atoms with Gasteiger partial charge in [0.25, 0.3) is 5.91 Å². The number of ether oxygens (including phenoxy) is 1. The quantitative estimate of drug-likeness (QED) is 0.903. The molecule has 0 bridgehead atoms. The first-order valence-electron chi connectivity index (χ1n) is 7.23. The van der Waals surface area contributed by atoms with E-state index in [9.17, 15) is 9.59 Å². The molecule has 24 heavy (non-hydrogen) atoms. The molecule has 0 aliphatic carbocycles. The van der Waals surface area contributed by atoms with Crippen LogP contribution in [0.15, 0.2) is 36.4 Å². The molecule has 7 heteroatoms. The number of halogens is 2.